The number of aliphatic hydroxyl groups is 2. The van der Waals surface area contributed by atoms with Crippen LogP contribution in [-0.4, -0.2) is 53.4 Å². The molecule has 0 aliphatic carbocycles. The van der Waals surface area contributed by atoms with Crippen molar-refractivity contribution < 1.29 is 20.1 Å². The first-order chi connectivity index (χ1) is 6.54. The molecule has 82 valence electrons. The molecule has 1 atom stereocenters. The fraction of sp³-hybridized carbons (Fsp3) is 0.667. The summed E-state index contributed by atoms with van der Waals surface area (Å²) in [5, 5.41) is 27.9. The van der Waals surface area contributed by atoms with Crippen molar-refractivity contribution in [3.8, 4) is 0 Å². The SMILES string of the molecule is C=C(C(=O)[O-])C(C)N(CCO)CCO. The maximum absolute atomic E-state index is 10.5. The highest BCUT2D eigenvalue weighted by molar-refractivity contribution is 5.85. The Bertz CT molecular complexity index is 199. The summed E-state index contributed by atoms with van der Waals surface area (Å²) < 4.78 is 0. The molecular weight excluding hydrogens is 186 g/mol. The number of carboxylic acids is 1. The van der Waals surface area contributed by atoms with E-state index in [1.807, 2.05) is 0 Å². The van der Waals surface area contributed by atoms with E-state index in [1.54, 1.807) is 11.8 Å². The molecule has 0 rings (SSSR count). The van der Waals surface area contributed by atoms with Crippen LogP contribution in [0.15, 0.2) is 12.2 Å². The van der Waals surface area contributed by atoms with Crippen LogP contribution < -0.4 is 5.11 Å². The van der Waals surface area contributed by atoms with Crippen LogP contribution in [0, 0.1) is 0 Å². The van der Waals surface area contributed by atoms with Crippen molar-refractivity contribution in [2.24, 2.45) is 0 Å². The molecule has 14 heavy (non-hydrogen) atoms. The number of aliphatic carboxylic acids is 1. The minimum atomic E-state index is -1.31. The molecule has 5 heteroatoms. The van der Waals surface area contributed by atoms with Crippen molar-refractivity contribution >= 4 is 5.97 Å². The lowest BCUT2D eigenvalue weighted by Crippen LogP contribution is -2.42. The third-order valence-corrected chi connectivity index (χ3v) is 2.09. The van der Waals surface area contributed by atoms with E-state index in [-0.39, 0.29) is 18.8 Å². The zero-order valence-corrected chi connectivity index (χ0v) is 8.27. The van der Waals surface area contributed by atoms with E-state index in [0.717, 1.165) is 0 Å². The Hall–Kier alpha value is -0.910. The van der Waals surface area contributed by atoms with E-state index in [9.17, 15) is 9.90 Å². The second-order valence-electron chi connectivity index (χ2n) is 2.97. The van der Waals surface area contributed by atoms with E-state index in [4.69, 9.17) is 10.2 Å². The van der Waals surface area contributed by atoms with Crippen molar-refractivity contribution in [3.63, 3.8) is 0 Å². The Kier molecular flexibility index (Phi) is 6.11. The Morgan fingerprint density at radius 2 is 1.86 bits per heavy atom. The average molecular weight is 202 g/mol. The largest absolute Gasteiger partial charge is 0.545 e. The molecule has 0 aliphatic rings. The lowest BCUT2D eigenvalue weighted by Gasteiger charge is -2.29. The molecule has 0 spiro atoms. The molecule has 2 N–H and O–H groups in total. The minimum Gasteiger partial charge on any atom is -0.545 e. The van der Waals surface area contributed by atoms with Gasteiger partial charge in [-0.3, -0.25) is 4.90 Å². The van der Waals surface area contributed by atoms with Crippen LogP contribution in [0.3, 0.4) is 0 Å². The van der Waals surface area contributed by atoms with Gasteiger partial charge in [0, 0.05) is 19.1 Å². The van der Waals surface area contributed by atoms with E-state index in [2.05, 4.69) is 6.58 Å². The predicted molar refractivity (Wildman–Crippen MR) is 49.4 cm³/mol. The van der Waals surface area contributed by atoms with Gasteiger partial charge in [0.05, 0.1) is 19.2 Å². The fourth-order valence-corrected chi connectivity index (χ4v) is 1.15. The summed E-state index contributed by atoms with van der Waals surface area (Å²) in [4.78, 5) is 12.1. The van der Waals surface area contributed by atoms with Gasteiger partial charge in [-0.15, -0.1) is 0 Å². The van der Waals surface area contributed by atoms with Gasteiger partial charge < -0.3 is 20.1 Å². The lowest BCUT2D eigenvalue weighted by molar-refractivity contribution is -0.299. The van der Waals surface area contributed by atoms with Crippen molar-refractivity contribution in [1.29, 1.82) is 0 Å². The number of aliphatic hydroxyl groups excluding tert-OH is 2. The van der Waals surface area contributed by atoms with Crippen molar-refractivity contribution in [3.05, 3.63) is 12.2 Å². The molecule has 0 heterocycles. The molecule has 0 saturated carbocycles. The van der Waals surface area contributed by atoms with Gasteiger partial charge in [-0.25, -0.2) is 0 Å². The standard InChI is InChI=1S/C9H17NO4/c1-7(9(13)14)8(2)10(3-5-11)4-6-12/h8,11-12H,1,3-6H2,2H3,(H,13,14)/p-1. The number of nitrogens with zero attached hydrogens (tertiary/aromatic N) is 1. The van der Waals surface area contributed by atoms with Gasteiger partial charge in [0.25, 0.3) is 0 Å². The van der Waals surface area contributed by atoms with Gasteiger partial charge in [0.2, 0.25) is 0 Å². The molecule has 1 unspecified atom stereocenters. The average Bonchev–Trinajstić information content (AvgIpc) is 2.15. The van der Waals surface area contributed by atoms with Gasteiger partial charge in [0.1, 0.15) is 0 Å². The molecule has 0 radical (unpaired) electrons. The maximum Gasteiger partial charge on any atom is 0.0684 e. The van der Waals surface area contributed by atoms with Crippen molar-refractivity contribution in [2.75, 3.05) is 26.3 Å². The Balaban J connectivity index is 4.33. The Labute approximate surface area is 83.3 Å². The molecule has 0 aromatic heterocycles. The fourth-order valence-electron chi connectivity index (χ4n) is 1.15. The Morgan fingerprint density at radius 3 is 2.14 bits per heavy atom. The van der Waals surface area contributed by atoms with Gasteiger partial charge in [-0.05, 0) is 12.5 Å². The highest BCUT2D eigenvalue weighted by Crippen LogP contribution is 2.07. The Morgan fingerprint density at radius 1 is 1.43 bits per heavy atom. The first-order valence-electron chi connectivity index (χ1n) is 4.40. The summed E-state index contributed by atoms with van der Waals surface area (Å²) in [7, 11) is 0. The van der Waals surface area contributed by atoms with Gasteiger partial charge in [-0.2, -0.15) is 0 Å². The lowest BCUT2D eigenvalue weighted by atomic mass is 10.1. The minimum absolute atomic E-state index is 0.0492. The summed E-state index contributed by atoms with van der Waals surface area (Å²) in [5.41, 5.74) is -0.0492. The predicted octanol–water partition coefficient (Wildman–Crippen LogP) is -2.03. The first-order valence-corrected chi connectivity index (χ1v) is 4.40. The second-order valence-corrected chi connectivity index (χ2v) is 2.97. The normalized spacial score (nSPS) is 12.9. The molecule has 0 bridgehead atoms. The molecule has 0 aliphatic heterocycles. The smallest absolute Gasteiger partial charge is 0.0684 e. The van der Waals surface area contributed by atoms with Gasteiger partial charge in [-0.1, -0.05) is 6.58 Å². The molecule has 0 saturated heterocycles. The van der Waals surface area contributed by atoms with Crippen molar-refractivity contribution in [2.45, 2.75) is 13.0 Å². The topological polar surface area (TPSA) is 83.8 Å². The third-order valence-electron chi connectivity index (χ3n) is 2.09. The molecular formula is C9H16NO4-. The summed E-state index contributed by atoms with van der Waals surface area (Å²) in [5.74, 6) is -1.31. The molecule has 0 aromatic rings. The number of carbonyl (C=O) groups excluding carboxylic acids is 1. The molecule has 5 nitrogen and oxygen atoms in total. The number of carboxylic acid groups (broad SMARTS) is 1. The van der Waals surface area contributed by atoms with Crippen LogP contribution in [-0.2, 0) is 4.79 Å². The third kappa shape index (κ3) is 3.87. The van der Waals surface area contributed by atoms with Crippen LogP contribution in [0.4, 0.5) is 0 Å². The molecule has 0 aromatic carbocycles. The molecule has 0 fully saturated rings. The number of hydrogen-bond acceptors (Lipinski definition) is 5. The summed E-state index contributed by atoms with van der Waals surface area (Å²) >= 11 is 0. The van der Waals surface area contributed by atoms with E-state index in [0.29, 0.717) is 13.1 Å². The number of rotatable bonds is 7. The number of carbonyl (C=O) groups is 1. The number of hydrogen-bond donors (Lipinski definition) is 2. The summed E-state index contributed by atoms with van der Waals surface area (Å²) in [6.45, 7) is 5.43. The highest BCUT2D eigenvalue weighted by Gasteiger charge is 2.15. The summed E-state index contributed by atoms with van der Waals surface area (Å²) in [6, 6.07) is -0.445. The monoisotopic (exact) mass is 202 g/mol. The second kappa shape index (κ2) is 6.53. The van der Waals surface area contributed by atoms with Gasteiger partial charge >= 0.3 is 0 Å². The van der Waals surface area contributed by atoms with Crippen LogP contribution in [0.2, 0.25) is 0 Å². The van der Waals surface area contributed by atoms with E-state index < -0.39 is 12.0 Å². The summed E-state index contributed by atoms with van der Waals surface area (Å²) in [6.07, 6.45) is 0. The van der Waals surface area contributed by atoms with Gasteiger partial charge in [0.15, 0.2) is 0 Å². The van der Waals surface area contributed by atoms with Crippen molar-refractivity contribution in [1.82, 2.24) is 4.90 Å². The molecule has 0 amide bonds. The van der Waals surface area contributed by atoms with E-state index >= 15 is 0 Å². The quantitative estimate of drug-likeness (QED) is 0.465. The highest BCUT2D eigenvalue weighted by atomic mass is 16.4. The van der Waals surface area contributed by atoms with Crippen LogP contribution in [0.25, 0.3) is 0 Å². The van der Waals surface area contributed by atoms with Crippen LogP contribution >= 0.6 is 0 Å². The zero-order valence-electron chi connectivity index (χ0n) is 8.27. The van der Waals surface area contributed by atoms with Crippen LogP contribution in [0.5, 0.6) is 0 Å². The maximum atomic E-state index is 10.5. The van der Waals surface area contributed by atoms with E-state index in [1.165, 1.54) is 0 Å². The first kappa shape index (κ1) is 13.1. The zero-order chi connectivity index (χ0) is 11.1. The van der Waals surface area contributed by atoms with Crippen LogP contribution in [0.1, 0.15) is 6.92 Å².